The van der Waals surface area contributed by atoms with Crippen LogP contribution in [0.1, 0.15) is 29.5 Å². The summed E-state index contributed by atoms with van der Waals surface area (Å²) in [5, 5.41) is 15.7. The fraction of sp³-hybridized carbons (Fsp3) is 0.296. The highest BCUT2D eigenvalue weighted by Gasteiger charge is 2.22. The minimum Gasteiger partial charge on any atom is -0.392 e. The number of anilines is 2. The number of urea groups is 1. The Kier molecular flexibility index (Phi) is 7.70. The van der Waals surface area contributed by atoms with Crippen molar-refractivity contribution in [1.29, 1.82) is 0 Å². The highest BCUT2D eigenvalue weighted by molar-refractivity contribution is 6.00. The molecule has 3 aromatic carbocycles. The molecule has 5 nitrogen and oxygen atoms in total. The Morgan fingerprint density at radius 1 is 0.939 bits per heavy atom. The zero-order valence-electron chi connectivity index (χ0n) is 18.6. The predicted molar refractivity (Wildman–Crippen MR) is 130 cm³/mol. The number of rotatable bonds is 7. The third-order valence-electron chi connectivity index (χ3n) is 6.25. The molecule has 0 aromatic heterocycles. The molecule has 0 bridgehead atoms. The Bertz CT molecular complexity index is 1050. The van der Waals surface area contributed by atoms with Crippen molar-refractivity contribution in [3.63, 3.8) is 0 Å². The lowest BCUT2D eigenvalue weighted by Gasteiger charge is -2.33. The molecule has 1 saturated heterocycles. The summed E-state index contributed by atoms with van der Waals surface area (Å²) >= 11 is 0. The smallest absolute Gasteiger partial charge is 0.323 e. The third-order valence-corrected chi connectivity index (χ3v) is 6.25. The molecule has 33 heavy (non-hydrogen) atoms. The Labute approximate surface area is 194 Å². The summed E-state index contributed by atoms with van der Waals surface area (Å²) < 4.78 is 13.2. The number of hydrogen-bond donors (Lipinski definition) is 3. The fourth-order valence-electron chi connectivity index (χ4n) is 4.42. The molecular formula is C27H30FN3O2. The number of carbonyl (C=O) groups excluding carboxylic acids is 1. The van der Waals surface area contributed by atoms with E-state index in [-0.39, 0.29) is 18.5 Å². The summed E-state index contributed by atoms with van der Waals surface area (Å²) in [6.45, 7) is 2.48. The van der Waals surface area contributed by atoms with Gasteiger partial charge in [0.05, 0.1) is 6.61 Å². The van der Waals surface area contributed by atoms with E-state index in [1.807, 2.05) is 60.7 Å². The van der Waals surface area contributed by atoms with Gasteiger partial charge in [-0.3, -0.25) is 4.90 Å². The second-order valence-electron chi connectivity index (χ2n) is 8.60. The molecule has 0 spiro atoms. The number of amides is 2. The van der Waals surface area contributed by atoms with Gasteiger partial charge in [-0.1, -0.05) is 42.5 Å². The molecule has 1 aliphatic rings. The summed E-state index contributed by atoms with van der Waals surface area (Å²) in [4.78, 5) is 14.9. The average Bonchev–Trinajstić information content (AvgIpc) is 2.83. The van der Waals surface area contributed by atoms with Crippen molar-refractivity contribution in [2.24, 2.45) is 5.92 Å². The van der Waals surface area contributed by atoms with Crippen LogP contribution >= 0.6 is 0 Å². The summed E-state index contributed by atoms with van der Waals surface area (Å²) in [6.07, 6.45) is 3.10. The van der Waals surface area contributed by atoms with Crippen molar-refractivity contribution in [1.82, 2.24) is 4.90 Å². The van der Waals surface area contributed by atoms with Crippen LogP contribution in [0.2, 0.25) is 0 Å². The molecule has 2 amide bonds. The lowest BCUT2D eigenvalue weighted by atomic mass is 9.90. The fourth-order valence-corrected chi connectivity index (χ4v) is 4.42. The number of nitrogens with zero attached hydrogens (tertiary/aromatic N) is 1. The van der Waals surface area contributed by atoms with Crippen LogP contribution in [0.15, 0.2) is 72.8 Å². The number of aliphatic hydroxyl groups is 1. The Hall–Kier alpha value is -3.22. The van der Waals surface area contributed by atoms with E-state index in [4.69, 9.17) is 0 Å². The van der Waals surface area contributed by atoms with Gasteiger partial charge in [0.1, 0.15) is 5.82 Å². The van der Waals surface area contributed by atoms with Crippen LogP contribution in [0.25, 0.3) is 0 Å². The number of para-hydroxylation sites is 1. The lowest BCUT2D eigenvalue weighted by molar-refractivity contribution is 0.175. The van der Waals surface area contributed by atoms with Crippen molar-refractivity contribution < 1.29 is 14.3 Å². The maximum absolute atomic E-state index is 13.2. The summed E-state index contributed by atoms with van der Waals surface area (Å²) in [5.74, 6) is 0.382. The number of hydrogen-bond acceptors (Lipinski definition) is 3. The van der Waals surface area contributed by atoms with E-state index in [0.29, 0.717) is 18.2 Å². The first kappa shape index (κ1) is 23.0. The monoisotopic (exact) mass is 447 g/mol. The molecule has 0 atom stereocenters. The van der Waals surface area contributed by atoms with Gasteiger partial charge in [0, 0.05) is 17.9 Å². The Balaban J connectivity index is 1.37. The molecule has 0 saturated carbocycles. The molecule has 1 fully saturated rings. The number of halogens is 1. The van der Waals surface area contributed by atoms with Crippen LogP contribution in [0.3, 0.4) is 0 Å². The zero-order valence-corrected chi connectivity index (χ0v) is 18.6. The van der Waals surface area contributed by atoms with E-state index >= 15 is 0 Å². The van der Waals surface area contributed by atoms with Gasteiger partial charge < -0.3 is 15.7 Å². The molecule has 1 aliphatic heterocycles. The van der Waals surface area contributed by atoms with Crippen molar-refractivity contribution >= 4 is 17.4 Å². The number of piperidine rings is 1. The third kappa shape index (κ3) is 6.40. The van der Waals surface area contributed by atoms with Gasteiger partial charge in [-0.25, -0.2) is 9.18 Å². The van der Waals surface area contributed by atoms with Crippen molar-refractivity contribution in [2.75, 3.05) is 23.7 Å². The van der Waals surface area contributed by atoms with Crippen LogP contribution in [0, 0.1) is 11.7 Å². The molecule has 6 heteroatoms. The topological polar surface area (TPSA) is 64.6 Å². The van der Waals surface area contributed by atoms with Crippen LogP contribution in [-0.4, -0.2) is 29.1 Å². The van der Waals surface area contributed by atoms with Gasteiger partial charge in [-0.15, -0.1) is 0 Å². The molecule has 3 aromatic rings. The van der Waals surface area contributed by atoms with Gasteiger partial charge in [-0.2, -0.15) is 0 Å². The van der Waals surface area contributed by atoms with E-state index in [2.05, 4.69) is 15.5 Å². The van der Waals surface area contributed by atoms with Gasteiger partial charge >= 0.3 is 6.03 Å². The van der Waals surface area contributed by atoms with Crippen LogP contribution < -0.4 is 10.6 Å². The normalized spacial score (nSPS) is 14.7. The first-order valence-corrected chi connectivity index (χ1v) is 11.4. The van der Waals surface area contributed by atoms with E-state index < -0.39 is 0 Å². The molecule has 0 aliphatic carbocycles. The van der Waals surface area contributed by atoms with E-state index in [9.17, 15) is 14.3 Å². The zero-order chi connectivity index (χ0) is 23.0. The van der Waals surface area contributed by atoms with Crippen molar-refractivity contribution in [2.45, 2.75) is 32.4 Å². The van der Waals surface area contributed by atoms with Crippen LogP contribution in [0.4, 0.5) is 20.6 Å². The number of aliphatic hydroxyl groups excluding tert-OH is 1. The number of likely N-dealkylation sites (tertiary alicyclic amines) is 1. The first-order valence-electron chi connectivity index (χ1n) is 11.4. The van der Waals surface area contributed by atoms with E-state index in [1.54, 1.807) is 0 Å². The van der Waals surface area contributed by atoms with Gasteiger partial charge in [0.25, 0.3) is 0 Å². The Morgan fingerprint density at radius 3 is 2.36 bits per heavy atom. The molecule has 4 rings (SSSR count). The quantitative estimate of drug-likeness (QED) is 0.453. The highest BCUT2D eigenvalue weighted by atomic mass is 19.1. The summed E-state index contributed by atoms with van der Waals surface area (Å²) in [7, 11) is 0. The van der Waals surface area contributed by atoms with Gasteiger partial charge in [-0.05, 0) is 85.3 Å². The van der Waals surface area contributed by atoms with Gasteiger partial charge in [0.15, 0.2) is 0 Å². The summed E-state index contributed by atoms with van der Waals surface area (Å²) in [5.41, 5.74) is 4.37. The minimum absolute atomic E-state index is 0.0772. The summed E-state index contributed by atoms with van der Waals surface area (Å²) in [6, 6.07) is 21.4. The van der Waals surface area contributed by atoms with E-state index in [1.165, 1.54) is 17.7 Å². The standard InChI is InChI=1S/C27H30FN3O2/c28-23-11-9-20(10-12-23)17-21-13-15-31(16-14-21)18-25-22(19-32)5-4-8-26(25)30-27(33)29-24-6-2-1-3-7-24/h1-12,21,32H,13-19H2,(H2,29,30,33). The lowest BCUT2D eigenvalue weighted by Crippen LogP contribution is -2.34. The van der Waals surface area contributed by atoms with Crippen molar-refractivity contribution in [3.8, 4) is 0 Å². The molecular weight excluding hydrogens is 417 g/mol. The second-order valence-corrected chi connectivity index (χ2v) is 8.60. The largest absolute Gasteiger partial charge is 0.392 e. The number of benzene rings is 3. The average molecular weight is 448 g/mol. The van der Waals surface area contributed by atoms with E-state index in [0.717, 1.165) is 49.2 Å². The maximum atomic E-state index is 13.2. The Morgan fingerprint density at radius 2 is 1.67 bits per heavy atom. The second kappa shape index (κ2) is 11.1. The SMILES string of the molecule is O=C(Nc1ccccc1)Nc1cccc(CO)c1CN1CCC(Cc2ccc(F)cc2)CC1. The molecule has 1 heterocycles. The number of carbonyl (C=O) groups is 1. The first-order chi connectivity index (χ1) is 16.1. The predicted octanol–water partition coefficient (Wildman–Crippen LogP) is 5.42. The molecule has 172 valence electrons. The van der Waals surface area contributed by atoms with Crippen molar-refractivity contribution in [3.05, 3.63) is 95.3 Å². The number of nitrogens with one attached hydrogen (secondary N) is 2. The molecule has 0 radical (unpaired) electrons. The minimum atomic E-state index is -0.310. The van der Waals surface area contributed by atoms with Crippen LogP contribution in [-0.2, 0) is 19.6 Å². The molecule has 0 unspecified atom stereocenters. The molecule has 3 N–H and O–H groups in total. The highest BCUT2D eigenvalue weighted by Crippen LogP contribution is 2.27. The van der Waals surface area contributed by atoms with Gasteiger partial charge in [0.2, 0.25) is 0 Å². The van der Waals surface area contributed by atoms with Crippen LogP contribution in [0.5, 0.6) is 0 Å². The maximum Gasteiger partial charge on any atom is 0.323 e.